The average molecular weight is 309 g/mol. The molecule has 3 rings (SSSR count). The molecule has 0 aliphatic carbocycles. The summed E-state index contributed by atoms with van der Waals surface area (Å²) < 4.78 is 8.42. The molecule has 1 fully saturated rings. The molecular weight excluding hydrogens is 290 g/mol. The summed E-state index contributed by atoms with van der Waals surface area (Å²) in [5.41, 5.74) is -0.214. The summed E-state index contributed by atoms with van der Waals surface area (Å²) in [6.07, 6.45) is 3.70. The summed E-state index contributed by atoms with van der Waals surface area (Å²) in [4.78, 5) is 14.3. The third-order valence-electron chi connectivity index (χ3n) is 3.52. The Labute approximate surface area is 126 Å². The van der Waals surface area contributed by atoms with E-state index in [0.29, 0.717) is 6.67 Å². The van der Waals surface area contributed by atoms with Gasteiger partial charge in [-0.15, -0.1) is 11.3 Å². The van der Waals surface area contributed by atoms with Crippen molar-refractivity contribution in [2.75, 3.05) is 20.2 Å². The second-order valence-electron chi connectivity index (χ2n) is 5.29. The maximum Gasteiger partial charge on any atom is 0.370 e. The van der Waals surface area contributed by atoms with Crippen LogP contribution in [-0.2, 0) is 11.4 Å². The summed E-state index contributed by atoms with van der Waals surface area (Å²) in [5.74, 6) is 0. The molecule has 114 valence electrons. The van der Waals surface area contributed by atoms with E-state index in [1.807, 2.05) is 29.5 Å². The van der Waals surface area contributed by atoms with Crippen LogP contribution in [0.5, 0.6) is 0 Å². The molecule has 2 aromatic heterocycles. The number of nitrogens with zero attached hydrogens (tertiary/aromatic N) is 5. The predicted molar refractivity (Wildman–Crippen MR) is 79.7 cm³/mol. The molecule has 0 saturated carbocycles. The van der Waals surface area contributed by atoms with Crippen LogP contribution in [0.4, 0.5) is 0 Å². The number of ether oxygens (including phenoxy) is 1. The normalized spacial score (nSPS) is 19.2. The lowest BCUT2D eigenvalue weighted by molar-refractivity contribution is -0.00685. The highest BCUT2D eigenvalue weighted by Crippen LogP contribution is 2.13. The van der Waals surface area contributed by atoms with Crippen LogP contribution in [0.2, 0.25) is 0 Å². The van der Waals surface area contributed by atoms with Gasteiger partial charge in [0.15, 0.2) is 0 Å². The molecular formula is C13H19N5O2S. The van der Waals surface area contributed by atoms with E-state index in [2.05, 4.69) is 10.4 Å². The van der Waals surface area contributed by atoms with Crippen molar-refractivity contribution in [3.63, 3.8) is 0 Å². The van der Waals surface area contributed by atoms with Crippen LogP contribution in [0.25, 0.3) is 5.00 Å². The van der Waals surface area contributed by atoms with Gasteiger partial charge in [0.25, 0.3) is 0 Å². The summed E-state index contributed by atoms with van der Waals surface area (Å²) in [7, 11) is 1.97. The van der Waals surface area contributed by atoms with Gasteiger partial charge in [0.2, 0.25) is 0 Å². The Morgan fingerprint density at radius 2 is 2.38 bits per heavy atom. The van der Waals surface area contributed by atoms with Gasteiger partial charge >= 0.3 is 5.69 Å². The first-order valence-electron chi connectivity index (χ1n) is 7.11. The summed E-state index contributed by atoms with van der Waals surface area (Å²) in [6, 6.07) is 3.74. The SMILES string of the molecule is CN(CC1CCCCO1)Cn1nnn(-c2cccs2)c1=O. The highest BCUT2D eigenvalue weighted by Gasteiger charge is 2.17. The summed E-state index contributed by atoms with van der Waals surface area (Å²) in [6.45, 7) is 2.06. The number of likely N-dealkylation sites (N-methyl/N-ethyl adjacent to an activating group) is 1. The van der Waals surface area contributed by atoms with Gasteiger partial charge in [-0.1, -0.05) is 0 Å². The number of hydrogen-bond acceptors (Lipinski definition) is 6. The maximum absolute atomic E-state index is 12.2. The molecule has 0 N–H and O–H groups in total. The molecule has 8 heteroatoms. The molecule has 1 atom stereocenters. The molecule has 7 nitrogen and oxygen atoms in total. The molecule has 1 unspecified atom stereocenters. The van der Waals surface area contributed by atoms with Crippen molar-refractivity contribution >= 4 is 11.3 Å². The molecule has 0 bridgehead atoms. The second-order valence-corrected chi connectivity index (χ2v) is 6.22. The number of tetrazole rings is 1. The predicted octanol–water partition coefficient (Wildman–Crippen LogP) is 0.949. The van der Waals surface area contributed by atoms with E-state index >= 15 is 0 Å². The minimum atomic E-state index is -0.214. The van der Waals surface area contributed by atoms with E-state index in [0.717, 1.165) is 31.0 Å². The molecule has 1 aliphatic heterocycles. The fourth-order valence-electron chi connectivity index (χ4n) is 2.48. The van der Waals surface area contributed by atoms with Crippen LogP contribution in [0.3, 0.4) is 0 Å². The Hall–Kier alpha value is -1.51. The zero-order chi connectivity index (χ0) is 14.7. The van der Waals surface area contributed by atoms with Gasteiger partial charge < -0.3 is 4.74 Å². The van der Waals surface area contributed by atoms with Gasteiger partial charge in [-0.05, 0) is 54.2 Å². The fourth-order valence-corrected chi connectivity index (χ4v) is 3.15. The molecule has 2 aromatic rings. The Balaban J connectivity index is 1.63. The molecule has 0 aromatic carbocycles. The maximum atomic E-state index is 12.2. The zero-order valence-corrected chi connectivity index (χ0v) is 12.8. The van der Waals surface area contributed by atoms with E-state index in [-0.39, 0.29) is 11.8 Å². The van der Waals surface area contributed by atoms with E-state index < -0.39 is 0 Å². The van der Waals surface area contributed by atoms with Gasteiger partial charge in [0.05, 0.1) is 6.10 Å². The van der Waals surface area contributed by atoms with Crippen LogP contribution >= 0.6 is 11.3 Å². The fraction of sp³-hybridized carbons (Fsp3) is 0.615. The van der Waals surface area contributed by atoms with Gasteiger partial charge in [-0.25, -0.2) is 4.79 Å². The molecule has 21 heavy (non-hydrogen) atoms. The highest BCUT2D eigenvalue weighted by atomic mass is 32.1. The van der Waals surface area contributed by atoms with Crippen molar-refractivity contribution in [2.45, 2.75) is 32.0 Å². The van der Waals surface area contributed by atoms with E-state index in [4.69, 9.17) is 4.74 Å². The topological polar surface area (TPSA) is 65.2 Å². The molecule has 3 heterocycles. The van der Waals surface area contributed by atoms with Crippen LogP contribution < -0.4 is 5.69 Å². The van der Waals surface area contributed by atoms with Crippen LogP contribution in [0.1, 0.15) is 19.3 Å². The second kappa shape index (κ2) is 6.50. The summed E-state index contributed by atoms with van der Waals surface area (Å²) >= 11 is 1.46. The molecule has 0 radical (unpaired) electrons. The zero-order valence-electron chi connectivity index (χ0n) is 12.0. The number of thiophene rings is 1. The Morgan fingerprint density at radius 3 is 3.10 bits per heavy atom. The van der Waals surface area contributed by atoms with Crippen LogP contribution in [0, 0.1) is 0 Å². The number of hydrogen-bond donors (Lipinski definition) is 0. The van der Waals surface area contributed by atoms with E-state index in [1.165, 1.54) is 27.1 Å². The smallest absolute Gasteiger partial charge is 0.370 e. The van der Waals surface area contributed by atoms with Gasteiger partial charge in [0, 0.05) is 13.2 Å². The molecule has 1 saturated heterocycles. The van der Waals surface area contributed by atoms with Crippen LogP contribution in [-0.4, -0.2) is 51.0 Å². The van der Waals surface area contributed by atoms with Crippen molar-refractivity contribution in [3.05, 3.63) is 28.0 Å². The molecule has 0 spiro atoms. The van der Waals surface area contributed by atoms with Crippen LogP contribution in [0.15, 0.2) is 22.3 Å². The first-order chi connectivity index (χ1) is 10.2. The van der Waals surface area contributed by atoms with E-state index in [1.54, 1.807) is 0 Å². The standard InChI is InChI=1S/C13H19N5O2S/c1-16(9-11-5-2-3-7-20-11)10-17-13(19)18(15-14-17)12-6-4-8-21-12/h4,6,8,11H,2-3,5,7,9-10H2,1H3. The average Bonchev–Trinajstić information content (AvgIpc) is 3.11. The quantitative estimate of drug-likeness (QED) is 0.823. The van der Waals surface area contributed by atoms with Crippen molar-refractivity contribution in [3.8, 4) is 5.00 Å². The third-order valence-corrected chi connectivity index (χ3v) is 4.36. The van der Waals surface area contributed by atoms with Gasteiger partial charge in [-0.3, -0.25) is 4.90 Å². The van der Waals surface area contributed by atoms with E-state index in [9.17, 15) is 4.79 Å². The Bertz CT molecular complexity index is 615. The molecule has 0 amide bonds. The molecule has 1 aliphatic rings. The van der Waals surface area contributed by atoms with Crippen molar-refractivity contribution in [2.24, 2.45) is 0 Å². The first kappa shape index (κ1) is 14.4. The largest absolute Gasteiger partial charge is 0.377 e. The van der Waals surface area contributed by atoms with Crippen molar-refractivity contribution in [1.29, 1.82) is 0 Å². The van der Waals surface area contributed by atoms with Crippen molar-refractivity contribution in [1.82, 2.24) is 24.7 Å². The minimum Gasteiger partial charge on any atom is -0.377 e. The van der Waals surface area contributed by atoms with Gasteiger partial charge in [-0.2, -0.15) is 9.36 Å². The monoisotopic (exact) mass is 309 g/mol. The lowest BCUT2D eigenvalue weighted by Gasteiger charge is -2.26. The third kappa shape index (κ3) is 3.39. The number of rotatable bonds is 5. The van der Waals surface area contributed by atoms with Gasteiger partial charge in [0.1, 0.15) is 11.7 Å². The highest BCUT2D eigenvalue weighted by molar-refractivity contribution is 7.12. The lowest BCUT2D eigenvalue weighted by Crippen LogP contribution is -2.37. The first-order valence-corrected chi connectivity index (χ1v) is 7.99. The minimum absolute atomic E-state index is 0.214. The Morgan fingerprint density at radius 1 is 1.48 bits per heavy atom. The summed E-state index contributed by atoms with van der Waals surface area (Å²) in [5, 5.41) is 10.6. The van der Waals surface area contributed by atoms with Crippen molar-refractivity contribution < 1.29 is 4.74 Å². The number of aromatic nitrogens is 4. The Kier molecular flexibility index (Phi) is 4.47. The lowest BCUT2D eigenvalue weighted by atomic mass is 10.1.